The zero-order chi connectivity index (χ0) is 21.1. The summed E-state index contributed by atoms with van der Waals surface area (Å²) in [4.78, 5) is 49.9. The van der Waals surface area contributed by atoms with E-state index in [9.17, 15) is 19.2 Å². The van der Waals surface area contributed by atoms with Gasteiger partial charge in [-0.05, 0) is 30.3 Å². The number of amides is 2. The first-order valence-corrected chi connectivity index (χ1v) is 9.58. The van der Waals surface area contributed by atoms with E-state index in [1.54, 1.807) is 42.5 Å². The zero-order valence-corrected chi connectivity index (χ0v) is 16.1. The number of fused-ring (bicyclic) bond motifs is 2. The third-order valence-corrected chi connectivity index (χ3v) is 4.88. The van der Waals surface area contributed by atoms with Gasteiger partial charge < -0.3 is 14.2 Å². The van der Waals surface area contributed by atoms with E-state index in [0.717, 1.165) is 4.90 Å². The summed E-state index contributed by atoms with van der Waals surface area (Å²) >= 11 is 0. The van der Waals surface area contributed by atoms with Gasteiger partial charge in [0, 0.05) is 12.0 Å². The monoisotopic (exact) mass is 409 g/mol. The summed E-state index contributed by atoms with van der Waals surface area (Å²) in [6.07, 6.45) is -0.124. The molecule has 2 amide bonds. The van der Waals surface area contributed by atoms with E-state index < -0.39 is 17.8 Å². The molecular formula is C22H19NO7. The van der Waals surface area contributed by atoms with E-state index in [2.05, 4.69) is 0 Å². The predicted molar refractivity (Wildman–Crippen MR) is 104 cm³/mol. The van der Waals surface area contributed by atoms with E-state index in [0.29, 0.717) is 41.4 Å². The maximum absolute atomic E-state index is 12.3. The van der Waals surface area contributed by atoms with Gasteiger partial charge in [0.25, 0.3) is 11.8 Å². The van der Waals surface area contributed by atoms with Gasteiger partial charge in [0.1, 0.15) is 19.8 Å². The molecule has 0 N–H and O–H groups in total. The summed E-state index contributed by atoms with van der Waals surface area (Å²) in [5.41, 5.74) is 1.12. The summed E-state index contributed by atoms with van der Waals surface area (Å²) in [5.74, 6) is -0.497. The highest BCUT2D eigenvalue weighted by Crippen LogP contribution is 2.31. The number of hydrogen-bond acceptors (Lipinski definition) is 7. The van der Waals surface area contributed by atoms with Crippen LogP contribution >= 0.6 is 0 Å². The maximum Gasteiger partial charge on any atom is 0.306 e. The average Bonchev–Trinajstić information content (AvgIpc) is 3.02. The minimum absolute atomic E-state index is 0.0223. The Hall–Kier alpha value is -3.68. The molecule has 2 aliphatic rings. The van der Waals surface area contributed by atoms with Crippen molar-refractivity contribution < 1.29 is 33.4 Å². The van der Waals surface area contributed by atoms with Crippen molar-refractivity contribution in [2.24, 2.45) is 0 Å². The molecule has 8 heteroatoms. The Kier molecular flexibility index (Phi) is 5.47. The molecule has 0 aromatic heterocycles. The molecule has 2 aromatic rings. The van der Waals surface area contributed by atoms with Crippen LogP contribution < -0.4 is 9.47 Å². The van der Waals surface area contributed by atoms with Crippen molar-refractivity contribution >= 4 is 23.6 Å². The second-order valence-electron chi connectivity index (χ2n) is 6.81. The molecule has 2 aromatic carbocycles. The van der Waals surface area contributed by atoms with Gasteiger partial charge >= 0.3 is 5.97 Å². The van der Waals surface area contributed by atoms with Crippen molar-refractivity contribution in [1.29, 1.82) is 0 Å². The molecule has 0 unspecified atom stereocenters. The third kappa shape index (κ3) is 3.89. The number of benzene rings is 2. The lowest BCUT2D eigenvalue weighted by Gasteiger charge is -2.18. The fourth-order valence-corrected chi connectivity index (χ4v) is 3.34. The van der Waals surface area contributed by atoms with Gasteiger partial charge in [0.2, 0.25) is 0 Å². The van der Waals surface area contributed by atoms with Crippen LogP contribution in [0.25, 0.3) is 0 Å². The molecule has 2 heterocycles. The minimum Gasteiger partial charge on any atom is -0.486 e. The van der Waals surface area contributed by atoms with E-state index in [4.69, 9.17) is 14.2 Å². The van der Waals surface area contributed by atoms with Crippen LogP contribution in [0.4, 0.5) is 0 Å². The van der Waals surface area contributed by atoms with Crippen LogP contribution in [0.15, 0.2) is 42.5 Å². The Balaban J connectivity index is 1.23. The highest BCUT2D eigenvalue weighted by Gasteiger charge is 2.34. The van der Waals surface area contributed by atoms with Crippen molar-refractivity contribution in [2.75, 3.05) is 26.4 Å². The summed E-state index contributed by atoms with van der Waals surface area (Å²) in [6, 6.07) is 11.4. The summed E-state index contributed by atoms with van der Waals surface area (Å²) < 4.78 is 16.0. The largest absolute Gasteiger partial charge is 0.486 e. The first-order valence-electron chi connectivity index (χ1n) is 9.58. The van der Waals surface area contributed by atoms with Crippen LogP contribution in [-0.4, -0.2) is 54.8 Å². The van der Waals surface area contributed by atoms with Crippen molar-refractivity contribution in [3.05, 3.63) is 59.2 Å². The molecule has 154 valence electrons. The number of rotatable bonds is 7. The molecule has 8 nitrogen and oxygen atoms in total. The topological polar surface area (TPSA) is 99.2 Å². The lowest BCUT2D eigenvalue weighted by Crippen LogP contribution is -2.33. The minimum atomic E-state index is -0.572. The van der Waals surface area contributed by atoms with Gasteiger partial charge in [0.15, 0.2) is 17.3 Å². The van der Waals surface area contributed by atoms with Crippen molar-refractivity contribution in [3.8, 4) is 11.5 Å². The number of esters is 1. The number of carbonyl (C=O) groups excluding carboxylic acids is 4. The van der Waals surface area contributed by atoms with Gasteiger partial charge in [-0.2, -0.15) is 0 Å². The van der Waals surface area contributed by atoms with Crippen LogP contribution in [0, 0.1) is 0 Å². The number of nitrogens with zero attached hydrogens (tertiary/aromatic N) is 1. The molecule has 0 aliphatic carbocycles. The lowest BCUT2D eigenvalue weighted by atomic mass is 10.1. The summed E-state index contributed by atoms with van der Waals surface area (Å²) in [7, 11) is 0. The molecule has 0 fully saturated rings. The van der Waals surface area contributed by atoms with Gasteiger partial charge in [0.05, 0.1) is 24.1 Å². The predicted octanol–water partition coefficient (Wildman–Crippen LogP) is 2.26. The number of carbonyl (C=O) groups is 4. The summed E-state index contributed by atoms with van der Waals surface area (Å²) in [5, 5.41) is 0. The number of Topliss-reactive ketones (excluding diaryl/α,β-unsaturated/α-hetero) is 1. The number of ether oxygens (including phenoxy) is 3. The highest BCUT2D eigenvalue weighted by atomic mass is 16.6. The molecule has 2 aliphatic heterocycles. The molecule has 0 saturated carbocycles. The molecule has 4 rings (SSSR count). The van der Waals surface area contributed by atoms with E-state index in [1.165, 1.54) is 0 Å². The number of ketones is 1. The standard InChI is InChI=1S/C22H19NO7/c24-17(14-5-7-18-19(13-14)29-12-11-28-18)6-8-20(25)30-10-9-23-21(26)15-3-1-2-4-16(15)22(23)27/h1-5,7,13H,6,8-12H2. The Morgan fingerprint density at radius 3 is 2.27 bits per heavy atom. The van der Waals surface area contributed by atoms with Crippen LogP contribution in [0.2, 0.25) is 0 Å². The van der Waals surface area contributed by atoms with Gasteiger partial charge in [-0.15, -0.1) is 0 Å². The number of hydrogen-bond donors (Lipinski definition) is 0. The summed E-state index contributed by atoms with van der Waals surface area (Å²) in [6.45, 7) is 0.730. The molecule has 30 heavy (non-hydrogen) atoms. The Morgan fingerprint density at radius 1 is 0.900 bits per heavy atom. The van der Waals surface area contributed by atoms with Gasteiger partial charge in [-0.1, -0.05) is 12.1 Å². The first-order chi connectivity index (χ1) is 14.5. The van der Waals surface area contributed by atoms with Crippen molar-refractivity contribution in [1.82, 2.24) is 4.90 Å². The van der Waals surface area contributed by atoms with Crippen LogP contribution in [0.1, 0.15) is 43.9 Å². The van der Waals surface area contributed by atoms with Crippen molar-refractivity contribution in [2.45, 2.75) is 12.8 Å². The molecule has 0 spiro atoms. The normalized spacial score (nSPS) is 14.5. The molecule has 0 atom stereocenters. The first kappa shape index (κ1) is 19.6. The van der Waals surface area contributed by atoms with E-state index in [1.807, 2.05) is 0 Å². The quantitative estimate of drug-likeness (QED) is 0.393. The fourth-order valence-electron chi connectivity index (χ4n) is 3.34. The zero-order valence-electron chi connectivity index (χ0n) is 16.1. The maximum atomic E-state index is 12.3. The molecule has 0 radical (unpaired) electrons. The van der Waals surface area contributed by atoms with Crippen LogP contribution in [-0.2, 0) is 9.53 Å². The SMILES string of the molecule is O=C(CCC(=O)c1ccc2c(c1)OCCO2)OCCN1C(=O)c2ccccc2C1=O. The van der Waals surface area contributed by atoms with E-state index >= 15 is 0 Å². The number of imide groups is 1. The Labute approximate surface area is 172 Å². The van der Waals surface area contributed by atoms with Crippen molar-refractivity contribution in [3.63, 3.8) is 0 Å². The fraction of sp³-hybridized carbons (Fsp3) is 0.273. The third-order valence-electron chi connectivity index (χ3n) is 4.88. The molecular weight excluding hydrogens is 390 g/mol. The second-order valence-corrected chi connectivity index (χ2v) is 6.81. The Morgan fingerprint density at radius 2 is 1.57 bits per heavy atom. The van der Waals surface area contributed by atoms with E-state index in [-0.39, 0.29) is 31.8 Å². The van der Waals surface area contributed by atoms with Gasteiger partial charge in [-0.3, -0.25) is 24.1 Å². The Bertz CT molecular complexity index is 995. The van der Waals surface area contributed by atoms with Crippen LogP contribution in [0.3, 0.4) is 0 Å². The van der Waals surface area contributed by atoms with Gasteiger partial charge in [-0.25, -0.2) is 0 Å². The second kappa shape index (κ2) is 8.36. The smallest absolute Gasteiger partial charge is 0.306 e. The van der Waals surface area contributed by atoms with Crippen LogP contribution in [0.5, 0.6) is 11.5 Å². The highest BCUT2D eigenvalue weighted by molar-refractivity contribution is 6.21. The molecule has 0 bridgehead atoms. The average molecular weight is 409 g/mol. The molecule has 0 saturated heterocycles. The lowest BCUT2D eigenvalue weighted by molar-refractivity contribution is -0.143.